The Morgan fingerprint density at radius 3 is 2.58 bits per heavy atom. The van der Waals surface area contributed by atoms with E-state index in [0.717, 1.165) is 42.3 Å². The molecule has 1 saturated heterocycles. The minimum atomic E-state index is -0.0563. The SMILES string of the molecule is CCn1nc(C)c(C(C)NC(=O)N2CCN(c3cccnc3)CC2)c1C. The van der Waals surface area contributed by atoms with Crippen LogP contribution >= 0.6 is 0 Å². The molecule has 1 aliphatic heterocycles. The molecule has 140 valence electrons. The third-order valence-corrected chi connectivity index (χ3v) is 5.09. The molecule has 1 aliphatic rings. The number of carbonyl (C=O) groups excluding carboxylic acids is 1. The average molecular weight is 356 g/mol. The first-order valence-corrected chi connectivity index (χ1v) is 9.25. The van der Waals surface area contributed by atoms with Gasteiger partial charge < -0.3 is 15.1 Å². The number of rotatable bonds is 4. The molecule has 0 bridgehead atoms. The van der Waals surface area contributed by atoms with Gasteiger partial charge in [0, 0.05) is 50.2 Å². The maximum Gasteiger partial charge on any atom is 0.317 e. The number of nitrogens with one attached hydrogen (secondary N) is 1. The van der Waals surface area contributed by atoms with E-state index in [-0.39, 0.29) is 12.1 Å². The van der Waals surface area contributed by atoms with Crippen molar-refractivity contribution in [1.29, 1.82) is 0 Å². The lowest BCUT2D eigenvalue weighted by Crippen LogP contribution is -2.52. The van der Waals surface area contributed by atoms with Crippen LogP contribution in [-0.2, 0) is 6.54 Å². The standard InChI is InChI=1S/C19H28N6O/c1-5-25-16(4)18(15(3)22-25)14(2)21-19(26)24-11-9-23(10-12-24)17-7-6-8-20-13-17/h6-8,13-14H,5,9-12H2,1-4H3,(H,21,26). The molecule has 3 rings (SSSR count). The molecule has 1 atom stereocenters. The van der Waals surface area contributed by atoms with Crippen LogP contribution in [0.15, 0.2) is 24.5 Å². The predicted molar refractivity (Wildman–Crippen MR) is 102 cm³/mol. The first-order chi connectivity index (χ1) is 12.5. The van der Waals surface area contributed by atoms with E-state index < -0.39 is 0 Å². The molecule has 2 amide bonds. The summed E-state index contributed by atoms with van der Waals surface area (Å²) in [5.74, 6) is 0. The van der Waals surface area contributed by atoms with Crippen molar-refractivity contribution in [2.75, 3.05) is 31.1 Å². The van der Waals surface area contributed by atoms with Crippen molar-refractivity contribution < 1.29 is 4.79 Å². The van der Waals surface area contributed by atoms with Crippen molar-refractivity contribution in [3.63, 3.8) is 0 Å². The van der Waals surface area contributed by atoms with Gasteiger partial charge in [-0.3, -0.25) is 9.67 Å². The number of hydrogen-bond acceptors (Lipinski definition) is 4. The highest BCUT2D eigenvalue weighted by Gasteiger charge is 2.24. The number of urea groups is 1. The van der Waals surface area contributed by atoms with Crippen LogP contribution in [0.25, 0.3) is 0 Å². The Labute approximate surface area is 155 Å². The van der Waals surface area contributed by atoms with Gasteiger partial charge in [0.15, 0.2) is 0 Å². The summed E-state index contributed by atoms with van der Waals surface area (Å²) >= 11 is 0. The number of aromatic nitrogens is 3. The molecule has 7 nitrogen and oxygen atoms in total. The smallest absolute Gasteiger partial charge is 0.317 e. The molecule has 0 aliphatic carbocycles. The Morgan fingerprint density at radius 2 is 2.00 bits per heavy atom. The van der Waals surface area contributed by atoms with Crippen LogP contribution in [0.5, 0.6) is 0 Å². The van der Waals surface area contributed by atoms with Gasteiger partial charge in [0.2, 0.25) is 0 Å². The summed E-state index contributed by atoms with van der Waals surface area (Å²) < 4.78 is 1.99. The molecule has 3 heterocycles. The number of nitrogens with zero attached hydrogens (tertiary/aromatic N) is 5. The number of anilines is 1. The summed E-state index contributed by atoms with van der Waals surface area (Å²) in [7, 11) is 0. The molecule has 0 spiro atoms. The van der Waals surface area contributed by atoms with E-state index in [1.807, 2.05) is 35.7 Å². The molecule has 0 aromatic carbocycles. The zero-order valence-electron chi connectivity index (χ0n) is 16.1. The molecule has 26 heavy (non-hydrogen) atoms. The quantitative estimate of drug-likeness (QED) is 0.914. The number of amides is 2. The zero-order chi connectivity index (χ0) is 18.7. The minimum absolute atomic E-state index is 0.00798. The Bertz CT molecular complexity index is 749. The number of hydrogen-bond donors (Lipinski definition) is 1. The predicted octanol–water partition coefficient (Wildman–Crippen LogP) is 2.51. The molecule has 1 unspecified atom stereocenters. The highest BCUT2D eigenvalue weighted by Crippen LogP contribution is 2.22. The van der Waals surface area contributed by atoms with Crippen LogP contribution in [0.1, 0.15) is 36.8 Å². The van der Waals surface area contributed by atoms with E-state index in [9.17, 15) is 4.79 Å². The minimum Gasteiger partial charge on any atom is -0.367 e. The highest BCUT2D eigenvalue weighted by molar-refractivity contribution is 5.75. The molecular formula is C19H28N6O. The zero-order valence-corrected chi connectivity index (χ0v) is 16.1. The number of carbonyl (C=O) groups is 1. The van der Waals surface area contributed by atoms with E-state index in [4.69, 9.17) is 0 Å². The van der Waals surface area contributed by atoms with Gasteiger partial charge in [-0.25, -0.2) is 4.79 Å². The average Bonchev–Trinajstić information content (AvgIpc) is 2.96. The summed E-state index contributed by atoms with van der Waals surface area (Å²) in [6.45, 7) is 12.1. The normalized spacial score (nSPS) is 15.8. The molecule has 1 fully saturated rings. The van der Waals surface area contributed by atoms with E-state index >= 15 is 0 Å². The van der Waals surface area contributed by atoms with Crippen LogP contribution in [-0.4, -0.2) is 51.9 Å². The molecule has 0 saturated carbocycles. The second kappa shape index (κ2) is 7.76. The summed E-state index contributed by atoms with van der Waals surface area (Å²) in [6, 6.07) is 3.93. The third-order valence-electron chi connectivity index (χ3n) is 5.09. The highest BCUT2D eigenvalue weighted by atomic mass is 16.2. The van der Waals surface area contributed by atoms with Gasteiger partial charge in [-0.2, -0.15) is 5.10 Å². The summed E-state index contributed by atoms with van der Waals surface area (Å²) in [4.78, 5) is 21.0. The maximum atomic E-state index is 12.7. The van der Waals surface area contributed by atoms with Crippen molar-refractivity contribution in [3.05, 3.63) is 41.5 Å². The van der Waals surface area contributed by atoms with E-state index in [0.29, 0.717) is 13.1 Å². The summed E-state index contributed by atoms with van der Waals surface area (Å²) in [5.41, 5.74) is 4.34. The van der Waals surface area contributed by atoms with Crippen molar-refractivity contribution in [2.24, 2.45) is 0 Å². The Hall–Kier alpha value is -2.57. The number of pyridine rings is 1. The van der Waals surface area contributed by atoms with E-state index in [1.54, 1.807) is 6.20 Å². The van der Waals surface area contributed by atoms with E-state index in [2.05, 4.69) is 40.2 Å². The number of piperazine rings is 1. The second-order valence-electron chi connectivity index (χ2n) is 6.76. The Morgan fingerprint density at radius 1 is 1.27 bits per heavy atom. The van der Waals surface area contributed by atoms with Crippen LogP contribution in [0.3, 0.4) is 0 Å². The van der Waals surface area contributed by atoms with Crippen molar-refractivity contribution in [1.82, 2.24) is 25.0 Å². The van der Waals surface area contributed by atoms with Gasteiger partial charge in [0.1, 0.15) is 0 Å². The first kappa shape index (κ1) is 18.2. The molecule has 1 N–H and O–H groups in total. The van der Waals surface area contributed by atoms with E-state index in [1.165, 1.54) is 0 Å². The molecule has 2 aromatic rings. The molecule has 0 radical (unpaired) electrons. The molecular weight excluding hydrogens is 328 g/mol. The Balaban J connectivity index is 1.58. The lowest BCUT2D eigenvalue weighted by Gasteiger charge is -2.36. The second-order valence-corrected chi connectivity index (χ2v) is 6.76. The topological polar surface area (TPSA) is 66.3 Å². The fourth-order valence-corrected chi connectivity index (χ4v) is 3.70. The monoisotopic (exact) mass is 356 g/mol. The summed E-state index contributed by atoms with van der Waals surface area (Å²) in [6.07, 6.45) is 3.65. The third kappa shape index (κ3) is 3.66. The van der Waals surface area contributed by atoms with Gasteiger partial charge in [-0.1, -0.05) is 0 Å². The fraction of sp³-hybridized carbons (Fsp3) is 0.526. The van der Waals surface area contributed by atoms with Gasteiger partial charge in [-0.15, -0.1) is 0 Å². The lowest BCUT2D eigenvalue weighted by atomic mass is 10.1. The van der Waals surface area contributed by atoms with Crippen LogP contribution in [0, 0.1) is 13.8 Å². The first-order valence-electron chi connectivity index (χ1n) is 9.25. The largest absolute Gasteiger partial charge is 0.367 e. The van der Waals surface area contributed by atoms with Gasteiger partial charge in [0.25, 0.3) is 0 Å². The Kier molecular flexibility index (Phi) is 5.44. The molecule has 2 aromatic heterocycles. The lowest BCUT2D eigenvalue weighted by molar-refractivity contribution is 0.191. The number of aryl methyl sites for hydroxylation is 2. The van der Waals surface area contributed by atoms with Gasteiger partial charge in [0.05, 0.1) is 23.6 Å². The van der Waals surface area contributed by atoms with Crippen molar-refractivity contribution >= 4 is 11.7 Å². The fourth-order valence-electron chi connectivity index (χ4n) is 3.70. The van der Waals surface area contributed by atoms with Crippen LogP contribution in [0.2, 0.25) is 0 Å². The van der Waals surface area contributed by atoms with Gasteiger partial charge in [-0.05, 0) is 39.8 Å². The van der Waals surface area contributed by atoms with Crippen molar-refractivity contribution in [2.45, 2.75) is 40.3 Å². The van der Waals surface area contributed by atoms with Crippen LogP contribution in [0.4, 0.5) is 10.5 Å². The van der Waals surface area contributed by atoms with Crippen LogP contribution < -0.4 is 10.2 Å². The molecule has 7 heteroatoms. The summed E-state index contributed by atoms with van der Waals surface area (Å²) in [5, 5.41) is 7.69. The van der Waals surface area contributed by atoms with Crippen molar-refractivity contribution in [3.8, 4) is 0 Å². The van der Waals surface area contributed by atoms with Gasteiger partial charge >= 0.3 is 6.03 Å². The maximum absolute atomic E-state index is 12.7.